The number of aromatic amines is 3. The van der Waals surface area contributed by atoms with E-state index in [2.05, 4.69) is 93.9 Å². The Morgan fingerprint density at radius 2 is 1.50 bits per heavy atom. The Morgan fingerprint density at radius 1 is 0.857 bits per heavy atom. The summed E-state index contributed by atoms with van der Waals surface area (Å²) in [7, 11) is 1.36. The predicted molar refractivity (Wildman–Crippen MR) is 225 cm³/mol. The van der Waals surface area contributed by atoms with E-state index < -0.39 is 11.9 Å². The molecule has 1 aliphatic carbocycles. The number of hydrogen-bond acceptors (Lipinski definition) is 6. The number of methoxy groups -OCH3 is 1. The highest BCUT2D eigenvalue weighted by Gasteiger charge is 2.47. The second-order valence-corrected chi connectivity index (χ2v) is 16.8. The van der Waals surface area contributed by atoms with E-state index in [9.17, 15) is 14.7 Å². The van der Waals surface area contributed by atoms with E-state index in [1.54, 1.807) is 0 Å². The van der Waals surface area contributed by atoms with Crippen LogP contribution in [0.2, 0.25) is 0 Å². The number of nitrogens with one attached hydrogen (secondary N) is 4. The third-order valence-electron chi connectivity index (χ3n) is 13.2. The Morgan fingerprint density at radius 3 is 2.16 bits per heavy atom. The maximum atomic E-state index is 13.6. The molecule has 5 atom stereocenters. The molecule has 1 saturated heterocycles. The van der Waals surface area contributed by atoms with Crippen LogP contribution in [-0.2, 0) is 19.1 Å². The summed E-state index contributed by atoms with van der Waals surface area (Å²) in [5, 5.41) is 19.0. The van der Waals surface area contributed by atoms with Gasteiger partial charge in [0, 0.05) is 51.0 Å². The third-order valence-corrected chi connectivity index (χ3v) is 13.2. The van der Waals surface area contributed by atoms with Gasteiger partial charge in [-0.2, -0.15) is 0 Å². The zero-order chi connectivity index (χ0) is 40.4. The molecule has 5 heterocycles. The van der Waals surface area contributed by atoms with E-state index in [1.165, 1.54) is 50.4 Å². The average molecular weight is 765 g/mol. The van der Waals surface area contributed by atoms with Crippen LogP contribution in [0.5, 0.6) is 0 Å². The van der Waals surface area contributed by atoms with Gasteiger partial charge in [0.25, 0.3) is 0 Å². The highest BCUT2D eigenvalue weighted by atomic mass is 16.5. The third kappa shape index (κ3) is 8.10. The number of hydrogen-bond donors (Lipinski definition) is 5. The molecule has 0 spiro atoms. The Balaban J connectivity index is 1.32. The number of fused-ring (bicyclic) bond motifs is 8. The number of carbonyl (C=O) groups excluding carboxylic acids is 2. The number of allylic oxidation sites excluding steroid dienone is 2. The van der Waals surface area contributed by atoms with Crippen molar-refractivity contribution in [2.45, 2.75) is 126 Å². The van der Waals surface area contributed by atoms with Gasteiger partial charge in [-0.15, -0.1) is 0 Å². The highest BCUT2D eigenvalue weighted by Crippen LogP contribution is 2.42. The average Bonchev–Trinajstić information content (AvgIpc) is 3.89. The van der Waals surface area contributed by atoms with E-state index in [0.29, 0.717) is 11.6 Å². The lowest BCUT2D eigenvalue weighted by molar-refractivity contribution is -0.143. The molecule has 0 aromatic carbocycles. The number of unbranched alkanes of at least 4 members (excludes halogenated alkanes) is 2. The Hall–Kier alpha value is -4.66. The minimum absolute atomic E-state index is 0.0000530. The topological polar surface area (TPSA) is 132 Å². The standard InChI is InChI=1S/C47H64N4O5/c1-11-12-13-15-25(2)16-14-17-26(3)20-21-56-40(52)19-18-33-31(8)38-23-36-29(6)27(4)34(48-36)22-35-28(5)30(7)37(49-35)24-39-32(9)41-45(51-39)42(44(33)50-38)43(46(41)53)47(54)55-10/h20,22-25,31,33,43-44,48-51,53H,11-19,21H2,1-10H3/b26-20+,35-22-,37-24-,38-23-/t25-,31+,33+,43-,44?/m1/s1. The minimum atomic E-state index is -0.976. The molecule has 0 radical (unpaired) electrons. The summed E-state index contributed by atoms with van der Waals surface area (Å²) in [6, 6.07) is -0.370. The summed E-state index contributed by atoms with van der Waals surface area (Å²) in [5.74, 6) is -1.08. The van der Waals surface area contributed by atoms with Gasteiger partial charge >= 0.3 is 11.9 Å². The summed E-state index contributed by atoms with van der Waals surface area (Å²) < 4.78 is 11.1. The van der Waals surface area contributed by atoms with Crippen molar-refractivity contribution in [2.75, 3.05) is 13.7 Å². The quantitative estimate of drug-likeness (QED) is 0.0704. The Kier molecular flexibility index (Phi) is 12.6. The molecule has 2 aliphatic heterocycles. The van der Waals surface area contributed by atoms with Crippen LogP contribution in [0.1, 0.15) is 130 Å². The molecule has 0 amide bonds. The first-order chi connectivity index (χ1) is 26.7. The molecule has 302 valence electrons. The molecule has 0 saturated carbocycles. The molecule has 3 aliphatic rings. The molecule has 5 N–H and O–H groups in total. The molecular weight excluding hydrogens is 701 g/mol. The van der Waals surface area contributed by atoms with Gasteiger partial charge in [0.1, 0.15) is 18.3 Å². The fraction of sp³-hybridized carbons (Fsp3) is 0.532. The monoisotopic (exact) mass is 764 g/mol. The van der Waals surface area contributed by atoms with Gasteiger partial charge in [-0.1, -0.05) is 58.4 Å². The zero-order valence-corrected chi connectivity index (χ0v) is 35.3. The first-order valence-corrected chi connectivity index (χ1v) is 20.9. The summed E-state index contributed by atoms with van der Waals surface area (Å²) in [5.41, 5.74) is 11.4. The van der Waals surface area contributed by atoms with Gasteiger partial charge < -0.3 is 34.8 Å². The van der Waals surface area contributed by atoms with E-state index in [1.807, 2.05) is 13.0 Å². The molecule has 56 heavy (non-hydrogen) atoms. The van der Waals surface area contributed by atoms with E-state index in [-0.39, 0.29) is 42.6 Å². The highest BCUT2D eigenvalue weighted by molar-refractivity contribution is 5.95. The zero-order valence-electron chi connectivity index (χ0n) is 35.3. The van der Waals surface area contributed by atoms with Crippen molar-refractivity contribution in [1.29, 1.82) is 0 Å². The Bertz CT molecular complexity index is 2300. The fourth-order valence-electron chi connectivity index (χ4n) is 9.10. The number of rotatable bonds is 14. The van der Waals surface area contributed by atoms with E-state index >= 15 is 0 Å². The normalized spacial score (nSPS) is 22.8. The van der Waals surface area contributed by atoms with Crippen LogP contribution in [0.3, 0.4) is 0 Å². The molecule has 1 fully saturated rings. The van der Waals surface area contributed by atoms with Crippen LogP contribution in [-0.4, -0.2) is 51.8 Å². The van der Waals surface area contributed by atoms with Crippen molar-refractivity contribution in [3.63, 3.8) is 0 Å². The van der Waals surface area contributed by atoms with Crippen LogP contribution < -0.4 is 26.6 Å². The Labute approximate surface area is 332 Å². The number of ether oxygens (including phenoxy) is 2. The first-order valence-electron chi connectivity index (χ1n) is 20.9. The molecule has 3 aromatic rings. The molecule has 1 unspecified atom stereocenters. The van der Waals surface area contributed by atoms with Crippen molar-refractivity contribution in [2.24, 2.45) is 23.7 Å². The molecule has 8 bridgehead atoms. The summed E-state index contributed by atoms with van der Waals surface area (Å²) in [6.07, 6.45) is 17.8. The molecule has 3 aromatic heterocycles. The number of aliphatic hydroxyl groups is 1. The van der Waals surface area contributed by atoms with Gasteiger partial charge in [0.05, 0.1) is 18.5 Å². The molecule has 9 nitrogen and oxygen atoms in total. The first kappa shape index (κ1) is 41.0. The molecule has 9 heteroatoms. The lowest BCUT2D eigenvalue weighted by Crippen LogP contribution is -2.38. The fourth-order valence-corrected chi connectivity index (χ4v) is 9.10. The lowest BCUT2D eigenvalue weighted by Gasteiger charge is -2.26. The van der Waals surface area contributed by atoms with Gasteiger partial charge in [-0.05, 0) is 130 Å². The smallest absolute Gasteiger partial charge is 0.320 e. The number of esters is 2. The second-order valence-electron chi connectivity index (χ2n) is 16.8. The van der Waals surface area contributed by atoms with Gasteiger partial charge in [0.2, 0.25) is 0 Å². The maximum Gasteiger partial charge on any atom is 0.320 e. The lowest BCUT2D eigenvalue weighted by atomic mass is 9.80. The maximum absolute atomic E-state index is 13.6. The number of carbonyl (C=O) groups is 2. The largest absolute Gasteiger partial charge is 0.510 e. The minimum Gasteiger partial charge on any atom is -0.510 e. The van der Waals surface area contributed by atoms with Crippen LogP contribution in [0.4, 0.5) is 0 Å². The van der Waals surface area contributed by atoms with Crippen LogP contribution in [0, 0.1) is 58.3 Å². The second kappa shape index (κ2) is 17.2. The van der Waals surface area contributed by atoms with Gasteiger partial charge in [0.15, 0.2) is 0 Å². The number of aliphatic hydroxyl groups excluding tert-OH is 1. The van der Waals surface area contributed by atoms with Gasteiger partial charge in [-0.3, -0.25) is 9.59 Å². The van der Waals surface area contributed by atoms with Crippen LogP contribution >= 0.6 is 0 Å². The predicted octanol–water partition coefficient (Wildman–Crippen LogP) is 6.73. The van der Waals surface area contributed by atoms with Crippen molar-refractivity contribution in [3.8, 4) is 0 Å². The van der Waals surface area contributed by atoms with Crippen molar-refractivity contribution in [3.05, 3.63) is 83.5 Å². The van der Waals surface area contributed by atoms with Gasteiger partial charge in [-0.25, -0.2) is 0 Å². The number of aromatic nitrogens is 3. The van der Waals surface area contributed by atoms with Crippen molar-refractivity contribution in [1.82, 2.24) is 20.3 Å². The van der Waals surface area contributed by atoms with Crippen LogP contribution in [0.25, 0.3) is 29.6 Å². The number of H-pyrrole nitrogens is 3. The van der Waals surface area contributed by atoms with Crippen molar-refractivity contribution >= 4 is 41.5 Å². The summed E-state index contributed by atoms with van der Waals surface area (Å²) >= 11 is 0. The summed E-state index contributed by atoms with van der Waals surface area (Å²) in [6.45, 7) is 19.7. The van der Waals surface area contributed by atoms with E-state index in [0.717, 1.165) is 85.4 Å². The molecule has 6 rings (SSSR count). The van der Waals surface area contributed by atoms with E-state index in [4.69, 9.17) is 9.47 Å². The van der Waals surface area contributed by atoms with Crippen LogP contribution in [0.15, 0.2) is 17.3 Å². The summed E-state index contributed by atoms with van der Waals surface area (Å²) in [4.78, 5) is 37.8. The molecular formula is C47H64N4O5. The SMILES string of the molecule is CCCCC[C@@H](C)CCC/C(C)=C/COC(=O)CC[C@@H]1C2N/C(=C\c3[nH]c(c(C)c3C)/C=c3\[nH]/c(c(C)c3C)=C\c3[nH]c4c(c3C)=C(O)[C@H](C(=O)OC)C=42)[C@H]1C. The van der Waals surface area contributed by atoms with Crippen molar-refractivity contribution < 1.29 is 24.2 Å².